The van der Waals surface area contributed by atoms with Crippen molar-refractivity contribution in [3.8, 4) is 16.9 Å². The first kappa shape index (κ1) is 27.8. The zero-order chi connectivity index (χ0) is 28.9. The Kier molecular flexibility index (Phi) is 8.25. The van der Waals surface area contributed by atoms with Crippen LogP contribution in [0.5, 0.6) is 0 Å². The molecule has 2 heterocycles. The number of hydrogen-bond acceptors (Lipinski definition) is 6. The summed E-state index contributed by atoms with van der Waals surface area (Å²) in [6.45, 7) is -0.0139. The van der Waals surface area contributed by atoms with Gasteiger partial charge in [0.15, 0.2) is 5.76 Å². The summed E-state index contributed by atoms with van der Waals surface area (Å²) in [5, 5.41) is 13.4. The lowest BCUT2D eigenvalue weighted by molar-refractivity contribution is -0.137. The van der Waals surface area contributed by atoms with Gasteiger partial charge in [-0.3, -0.25) is 14.2 Å². The average molecular weight is 564 g/mol. The molecule has 0 aliphatic carbocycles. The van der Waals surface area contributed by atoms with Crippen LogP contribution in [0.25, 0.3) is 27.8 Å². The number of aliphatic carboxylic acids is 1. The van der Waals surface area contributed by atoms with Gasteiger partial charge in [-0.15, -0.1) is 0 Å². The quantitative estimate of drug-likeness (QED) is 0.197. The van der Waals surface area contributed by atoms with Gasteiger partial charge in [0, 0.05) is 30.5 Å². The smallest absolute Gasteiger partial charge is 0.303 e. The predicted molar refractivity (Wildman–Crippen MR) is 143 cm³/mol. The molecule has 0 radical (unpaired) electrons. The van der Waals surface area contributed by atoms with E-state index in [1.807, 2.05) is 0 Å². The van der Waals surface area contributed by atoms with Crippen molar-refractivity contribution in [1.29, 1.82) is 0 Å². The van der Waals surface area contributed by atoms with E-state index in [0.717, 1.165) is 6.07 Å². The molecule has 41 heavy (non-hydrogen) atoms. The van der Waals surface area contributed by atoms with Crippen LogP contribution >= 0.6 is 0 Å². The lowest BCUT2D eigenvalue weighted by atomic mass is 10.1. The molecular weight excluding hydrogens is 539 g/mol. The van der Waals surface area contributed by atoms with Gasteiger partial charge in [-0.1, -0.05) is 11.2 Å². The number of halogens is 3. The molecule has 0 spiro atoms. The number of aryl methyl sites for hydroxylation is 1. The van der Waals surface area contributed by atoms with Gasteiger partial charge in [-0.2, -0.15) is 0 Å². The first-order valence-corrected chi connectivity index (χ1v) is 12.8. The minimum Gasteiger partial charge on any atom is -0.481 e. The third kappa shape index (κ3) is 6.69. The number of unbranched alkanes of at least 4 members (excludes halogenated alkanes) is 1. The summed E-state index contributed by atoms with van der Waals surface area (Å²) in [6, 6.07) is 15.3. The maximum absolute atomic E-state index is 13.6. The van der Waals surface area contributed by atoms with E-state index < -0.39 is 23.4 Å². The molecule has 0 aliphatic rings. The van der Waals surface area contributed by atoms with E-state index in [4.69, 9.17) is 19.4 Å². The van der Waals surface area contributed by atoms with Gasteiger partial charge in [0.2, 0.25) is 0 Å². The Bertz CT molecular complexity index is 1750. The summed E-state index contributed by atoms with van der Waals surface area (Å²) < 4.78 is 52.6. The number of carbonyl (C=O) groups is 1. The summed E-state index contributed by atoms with van der Waals surface area (Å²) >= 11 is 0. The van der Waals surface area contributed by atoms with Crippen LogP contribution in [0.2, 0.25) is 0 Å². The molecule has 5 aromatic rings. The van der Waals surface area contributed by atoms with Crippen molar-refractivity contribution >= 4 is 16.9 Å². The Morgan fingerprint density at radius 1 is 0.902 bits per heavy atom. The highest BCUT2D eigenvalue weighted by Crippen LogP contribution is 2.24. The van der Waals surface area contributed by atoms with E-state index in [1.54, 1.807) is 24.3 Å². The first-order valence-electron chi connectivity index (χ1n) is 12.8. The number of aromatic nitrogens is 3. The Morgan fingerprint density at radius 3 is 2.39 bits per heavy atom. The number of hydrogen-bond donors (Lipinski definition) is 1. The number of benzene rings is 3. The molecule has 0 bridgehead atoms. The van der Waals surface area contributed by atoms with Crippen LogP contribution in [0.3, 0.4) is 0 Å². The molecule has 210 valence electrons. The molecule has 8 nitrogen and oxygen atoms in total. The van der Waals surface area contributed by atoms with Gasteiger partial charge in [0.1, 0.15) is 35.6 Å². The van der Waals surface area contributed by atoms with Crippen LogP contribution in [0.4, 0.5) is 13.2 Å². The van der Waals surface area contributed by atoms with E-state index in [0.29, 0.717) is 64.3 Å². The number of nitrogens with zero attached hydrogens (tertiary/aromatic N) is 3. The first-order chi connectivity index (χ1) is 19.8. The molecule has 1 N–H and O–H groups in total. The molecule has 0 fully saturated rings. The molecule has 2 aromatic heterocycles. The fourth-order valence-corrected chi connectivity index (χ4v) is 4.46. The molecule has 3 aromatic carbocycles. The topological polar surface area (TPSA) is 107 Å². The van der Waals surface area contributed by atoms with Crippen LogP contribution in [0, 0.1) is 17.5 Å². The summed E-state index contributed by atoms with van der Waals surface area (Å²) in [5.41, 5.74) is 1.95. The molecule has 0 saturated heterocycles. The Labute approximate surface area is 231 Å². The number of fused-ring (bicyclic) bond motifs is 1. The molecule has 0 aliphatic heterocycles. The highest BCUT2D eigenvalue weighted by molar-refractivity contribution is 5.83. The van der Waals surface area contributed by atoms with Gasteiger partial charge in [0.05, 0.1) is 23.2 Å². The number of carboxylic acids is 1. The third-order valence-corrected chi connectivity index (χ3v) is 6.35. The van der Waals surface area contributed by atoms with Crippen molar-refractivity contribution in [2.45, 2.75) is 38.9 Å². The highest BCUT2D eigenvalue weighted by atomic mass is 19.1. The second kappa shape index (κ2) is 12.2. The van der Waals surface area contributed by atoms with Crippen molar-refractivity contribution in [3.63, 3.8) is 0 Å². The highest BCUT2D eigenvalue weighted by Gasteiger charge is 2.16. The largest absolute Gasteiger partial charge is 0.481 e. The summed E-state index contributed by atoms with van der Waals surface area (Å²) in [4.78, 5) is 29.2. The second-order valence-corrected chi connectivity index (χ2v) is 9.43. The molecule has 5 rings (SSSR count). The lowest BCUT2D eigenvalue weighted by Crippen LogP contribution is -2.24. The fraction of sp³-hybridized carbons (Fsp3) is 0.200. The van der Waals surface area contributed by atoms with Crippen molar-refractivity contribution in [3.05, 3.63) is 112 Å². The van der Waals surface area contributed by atoms with Gasteiger partial charge in [0.25, 0.3) is 5.56 Å². The molecular formula is C30H24F3N3O5. The number of rotatable bonds is 11. The van der Waals surface area contributed by atoms with Crippen LogP contribution in [-0.2, 0) is 29.2 Å². The monoisotopic (exact) mass is 563 g/mol. The van der Waals surface area contributed by atoms with E-state index in [2.05, 4.69) is 5.16 Å². The van der Waals surface area contributed by atoms with Crippen molar-refractivity contribution in [2.75, 3.05) is 0 Å². The van der Waals surface area contributed by atoms with Gasteiger partial charge < -0.3 is 14.4 Å². The van der Waals surface area contributed by atoms with Gasteiger partial charge >= 0.3 is 5.97 Å². The van der Waals surface area contributed by atoms with Crippen molar-refractivity contribution < 1.29 is 32.3 Å². The maximum atomic E-state index is 13.6. The minimum atomic E-state index is -0.905. The molecule has 0 atom stereocenters. The van der Waals surface area contributed by atoms with Gasteiger partial charge in [-0.25, -0.2) is 18.2 Å². The molecule has 0 unspecified atom stereocenters. The van der Waals surface area contributed by atoms with E-state index in [9.17, 15) is 22.8 Å². The minimum absolute atomic E-state index is 0.00413. The Morgan fingerprint density at radius 2 is 1.66 bits per heavy atom. The van der Waals surface area contributed by atoms with E-state index >= 15 is 0 Å². The number of ether oxygens (including phenoxy) is 1. The summed E-state index contributed by atoms with van der Waals surface area (Å²) in [5.74, 6) is -1.93. The maximum Gasteiger partial charge on any atom is 0.303 e. The Hall–Kier alpha value is -4.77. The Balaban J connectivity index is 1.40. The zero-order valence-electron chi connectivity index (χ0n) is 21.6. The zero-order valence-corrected chi connectivity index (χ0v) is 21.6. The molecule has 11 heteroatoms. The SMILES string of the molecule is O=C(O)CCCCc1nc2cc(-c3cc(COCc4cc(F)cc(F)c4)on3)ccc2c(=O)n1-c1ccc(F)cc1. The number of carboxylic acid groups (broad SMARTS) is 1. The normalized spacial score (nSPS) is 11.3. The van der Waals surface area contributed by atoms with Crippen LogP contribution in [0.15, 0.2) is 76.0 Å². The molecule has 0 amide bonds. The van der Waals surface area contributed by atoms with Crippen LogP contribution in [-0.4, -0.2) is 25.8 Å². The fourth-order valence-electron chi connectivity index (χ4n) is 4.46. The second-order valence-electron chi connectivity index (χ2n) is 9.43. The third-order valence-electron chi connectivity index (χ3n) is 6.35. The van der Waals surface area contributed by atoms with Crippen molar-refractivity contribution in [1.82, 2.24) is 14.7 Å². The van der Waals surface area contributed by atoms with Gasteiger partial charge in [-0.05, 0) is 66.9 Å². The van der Waals surface area contributed by atoms with Crippen LogP contribution < -0.4 is 5.56 Å². The van der Waals surface area contributed by atoms with Crippen molar-refractivity contribution in [2.24, 2.45) is 0 Å². The van der Waals surface area contributed by atoms with E-state index in [1.165, 1.54) is 41.0 Å². The van der Waals surface area contributed by atoms with Crippen LogP contribution in [0.1, 0.15) is 36.4 Å². The summed E-state index contributed by atoms with van der Waals surface area (Å²) in [6.07, 6.45) is 1.22. The average Bonchev–Trinajstić information content (AvgIpc) is 3.40. The standard InChI is InChI=1S/C30H24F3N3O5/c31-20-6-8-23(9-7-20)36-28(3-1-2-4-29(37)38)34-27-13-19(5-10-25(27)30(36)39)26-15-24(41-35-26)17-40-16-18-11-21(32)14-22(33)12-18/h5-15H,1-4,16-17H2,(H,37,38). The predicted octanol–water partition coefficient (Wildman–Crippen LogP) is 5.97. The molecule has 0 saturated carbocycles. The summed E-state index contributed by atoms with van der Waals surface area (Å²) in [7, 11) is 0. The van der Waals surface area contributed by atoms with E-state index in [-0.39, 0.29) is 25.2 Å². The lowest BCUT2D eigenvalue weighted by Gasteiger charge is -2.14.